The van der Waals surface area contributed by atoms with Gasteiger partial charge in [0.15, 0.2) is 0 Å². The summed E-state index contributed by atoms with van der Waals surface area (Å²) in [5.41, 5.74) is 13.2. The lowest BCUT2D eigenvalue weighted by Crippen LogP contribution is -1.95. The van der Waals surface area contributed by atoms with Crippen LogP contribution >= 0.6 is 0 Å². The van der Waals surface area contributed by atoms with Crippen LogP contribution in [-0.4, -0.2) is 0 Å². The predicted molar refractivity (Wildman–Crippen MR) is 205 cm³/mol. The second-order valence-electron chi connectivity index (χ2n) is 13.2. The Morgan fingerprint density at radius 2 is 0.542 bits per heavy atom. The molecule has 0 heterocycles. The first-order chi connectivity index (χ1) is 23.8. The SMILES string of the molecule is c1ccc2cc3c(cc2c1)C1=C(c2cccc4cc5ccccc5cc24)c2cc4ccccc4cc2C1=C3c1cccc2ccccc12. The standard InChI is InChI=1S/C48H28/c1-2-13-31-24-40-36(23-30(31)12-1)19-10-22-39(40)46-42-26-33-15-4-6-17-35(33)28-44(42)47-45(38-21-9-18-29-11-7-8-20-37(29)38)41-25-32-14-3-5-16-34(32)27-43(41)48(46)47/h1-28H. The summed E-state index contributed by atoms with van der Waals surface area (Å²) < 4.78 is 0. The number of rotatable bonds is 2. The molecule has 0 amide bonds. The molecule has 2 aliphatic carbocycles. The van der Waals surface area contributed by atoms with Crippen LogP contribution in [0.25, 0.3) is 76.2 Å². The molecule has 0 saturated carbocycles. The first-order valence-electron chi connectivity index (χ1n) is 16.8. The van der Waals surface area contributed by atoms with Crippen molar-refractivity contribution in [3.05, 3.63) is 203 Å². The van der Waals surface area contributed by atoms with E-state index >= 15 is 0 Å². The van der Waals surface area contributed by atoms with E-state index in [1.807, 2.05) is 0 Å². The Balaban J connectivity index is 1.35. The monoisotopic (exact) mass is 604 g/mol. The van der Waals surface area contributed by atoms with Crippen molar-refractivity contribution in [1.29, 1.82) is 0 Å². The Labute approximate surface area is 278 Å². The molecule has 0 aliphatic heterocycles. The van der Waals surface area contributed by atoms with E-state index in [1.54, 1.807) is 0 Å². The third kappa shape index (κ3) is 3.55. The van der Waals surface area contributed by atoms with Crippen molar-refractivity contribution in [3.63, 3.8) is 0 Å². The molecule has 0 radical (unpaired) electrons. The topological polar surface area (TPSA) is 0 Å². The van der Waals surface area contributed by atoms with Crippen LogP contribution in [0.2, 0.25) is 0 Å². The fraction of sp³-hybridized carbons (Fsp3) is 0. The first-order valence-corrected chi connectivity index (χ1v) is 16.8. The minimum Gasteiger partial charge on any atom is -0.0616 e. The Bertz CT molecular complexity index is 2930. The summed E-state index contributed by atoms with van der Waals surface area (Å²) in [6.07, 6.45) is 0. The van der Waals surface area contributed by atoms with Crippen LogP contribution in [0.15, 0.2) is 170 Å². The summed E-state index contributed by atoms with van der Waals surface area (Å²) in [5, 5.41) is 12.7. The van der Waals surface area contributed by atoms with Gasteiger partial charge in [0.2, 0.25) is 0 Å². The van der Waals surface area contributed by atoms with E-state index in [0.29, 0.717) is 0 Å². The number of allylic oxidation sites excluding steroid dienone is 2. The third-order valence-electron chi connectivity index (χ3n) is 10.7. The summed E-state index contributed by atoms with van der Waals surface area (Å²) in [5.74, 6) is 0. The zero-order valence-corrected chi connectivity index (χ0v) is 26.2. The fourth-order valence-electron chi connectivity index (χ4n) is 8.55. The van der Waals surface area contributed by atoms with Gasteiger partial charge in [-0.25, -0.2) is 0 Å². The second-order valence-corrected chi connectivity index (χ2v) is 13.2. The molecule has 9 aromatic carbocycles. The van der Waals surface area contributed by atoms with E-state index in [2.05, 4.69) is 170 Å². The van der Waals surface area contributed by atoms with Crippen LogP contribution in [0.3, 0.4) is 0 Å². The highest BCUT2D eigenvalue weighted by molar-refractivity contribution is 6.38. The van der Waals surface area contributed by atoms with E-state index in [4.69, 9.17) is 0 Å². The smallest absolute Gasteiger partial charge is 0.000718 e. The van der Waals surface area contributed by atoms with Gasteiger partial charge in [0.05, 0.1) is 0 Å². The van der Waals surface area contributed by atoms with E-state index in [-0.39, 0.29) is 0 Å². The first kappa shape index (κ1) is 25.9. The van der Waals surface area contributed by atoms with Gasteiger partial charge in [-0.15, -0.1) is 0 Å². The molecule has 0 saturated heterocycles. The summed E-state index contributed by atoms with van der Waals surface area (Å²) in [7, 11) is 0. The van der Waals surface area contributed by atoms with Crippen LogP contribution in [0, 0.1) is 0 Å². The number of fused-ring (bicyclic) bond motifs is 10. The van der Waals surface area contributed by atoms with Gasteiger partial charge in [-0.1, -0.05) is 133 Å². The van der Waals surface area contributed by atoms with Gasteiger partial charge in [-0.2, -0.15) is 0 Å². The molecule has 0 N–H and O–H groups in total. The zero-order chi connectivity index (χ0) is 31.3. The van der Waals surface area contributed by atoms with Crippen LogP contribution in [0.5, 0.6) is 0 Å². The van der Waals surface area contributed by atoms with E-state index in [1.165, 1.54) is 110 Å². The quantitative estimate of drug-likeness (QED) is 0.172. The van der Waals surface area contributed by atoms with Crippen LogP contribution in [0.1, 0.15) is 33.4 Å². The van der Waals surface area contributed by atoms with Crippen LogP contribution in [0.4, 0.5) is 0 Å². The Morgan fingerprint density at radius 1 is 0.188 bits per heavy atom. The molecule has 2 aliphatic rings. The molecule has 11 rings (SSSR count). The fourth-order valence-corrected chi connectivity index (χ4v) is 8.55. The van der Waals surface area contributed by atoms with E-state index in [9.17, 15) is 0 Å². The van der Waals surface area contributed by atoms with Crippen molar-refractivity contribution in [2.75, 3.05) is 0 Å². The highest BCUT2D eigenvalue weighted by Crippen LogP contribution is 2.60. The number of hydrogen-bond donors (Lipinski definition) is 0. The van der Waals surface area contributed by atoms with Gasteiger partial charge in [-0.05, 0) is 146 Å². The molecule has 9 aromatic rings. The molecule has 0 bridgehead atoms. The summed E-state index contributed by atoms with van der Waals surface area (Å²) in [6.45, 7) is 0. The average molecular weight is 605 g/mol. The Kier molecular flexibility index (Phi) is 5.20. The van der Waals surface area contributed by atoms with Crippen molar-refractivity contribution in [1.82, 2.24) is 0 Å². The van der Waals surface area contributed by atoms with Crippen molar-refractivity contribution in [2.24, 2.45) is 0 Å². The lowest BCUT2D eigenvalue weighted by atomic mass is 9.87. The van der Waals surface area contributed by atoms with Crippen molar-refractivity contribution in [2.45, 2.75) is 0 Å². The van der Waals surface area contributed by atoms with E-state index in [0.717, 1.165) is 0 Å². The molecule has 0 heteroatoms. The molecule has 0 spiro atoms. The molecule has 0 nitrogen and oxygen atoms in total. The molecular formula is C48H28. The Hall–Kier alpha value is -6.24. The number of hydrogen-bond acceptors (Lipinski definition) is 0. The molecule has 48 heavy (non-hydrogen) atoms. The zero-order valence-electron chi connectivity index (χ0n) is 26.2. The Morgan fingerprint density at radius 3 is 1.06 bits per heavy atom. The second kappa shape index (κ2) is 9.64. The maximum absolute atomic E-state index is 2.45. The van der Waals surface area contributed by atoms with Crippen molar-refractivity contribution < 1.29 is 0 Å². The van der Waals surface area contributed by atoms with Crippen LogP contribution < -0.4 is 0 Å². The number of benzene rings is 9. The predicted octanol–water partition coefficient (Wildman–Crippen LogP) is 12.7. The molecule has 0 atom stereocenters. The molecule has 0 unspecified atom stereocenters. The van der Waals surface area contributed by atoms with Gasteiger partial charge in [0.1, 0.15) is 0 Å². The largest absolute Gasteiger partial charge is 0.0616 e. The minimum absolute atomic E-state index is 1.26. The van der Waals surface area contributed by atoms with Gasteiger partial charge >= 0.3 is 0 Å². The highest BCUT2D eigenvalue weighted by atomic mass is 14.4. The maximum Gasteiger partial charge on any atom is -0.000718 e. The molecule has 0 fully saturated rings. The third-order valence-corrected chi connectivity index (χ3v) is 10.7. The van der Waals surface area contributed by atoms with Gasteiger partial charge in [-0.3, -0.25) is 0 Å². The lowest BCUT2D eigenvalue weighted by Gasteiger charge is -2.16. The van der Waals surface area contributed by atoms with Gasteiger partial charge in [0, 0.05) is 0 Å². The molecule has 0 aromatic heterocycles. The highest BCUT2D eigenvalue weighted by Gasteiger charge is 2.38. The van der Waals surface area contributed by atoms with Crippen molar-refractivity contribution in [3.8, 4) is 0 Å². The molecular weight excluding hydrogens is 577 g/mol. The van der Waals surface area contributed by atoms with Crippen molar-refractivity contribution >= 4 is 76.2 Å². The van der Waals surface area contributed by atoms with Gasteiger partial charge in [0.25, 0.3) is 0 Å². The minimum atomic E-state index is 1.26. The van der Waals surface area contributed by atoms with Gasteiger partial charge < -0.3 is 0 Å². The average Bonchev–Trinajstić information content (AvgIpc) is 3.63. The summed E-state index contributed by atoms with van der Waals surface area (Å²) in [6, 6.07) is 63.4. The molecule has 220 valence electrons. The van der Waals surface area contributed by atoms with E-state index < -0.39 is 0 Å². The lowest BCUT2D eigenvalue weighted by molar-refractivity contribution is 1.58. The summed E-state index contributed by atoms with van der Waals surface area (Å²) in [4.78, 5) is 0. The normalized spacial score (nSPS) is 13.7. The maximum atomic E-state index is 2.45. The van der Waals surface area contributed by atoms with Crippen LogP contribution in [-0.2, 0) is 0 Å². The summed E-state index contributed by atoms with van der Waals surface area (Å²) >= 11 is 0.